The highest BCUT2D eigenvalue weighted by Crippen LogP contribution is 2.54. The van der Waals surface area contributed by atoms with Crippen LogP contribution in [-0.4, -0.2) is 58.6 Å². The van der Waals surface area contributed by atoms with Gasteiger partial charge in [0, 0.05) is 36.9 Å². The predicted octanol–water partition coefficient (Wildman–Crippen LogP) is 3.27. The van der Waals surface area contributed by atoms with Crippen LogP contribution in [-0.2, 0) is 14.4 Å². The molecule has 2 saturated heterocycles. The summed E-state index contributed by atoms with van der Waals surface area (Å²) in [6.45, 7) is 2.84. The van der Waals surface area contributed by atoms with Crippen LogP contribution >= 0.6 is 11.8 Å². The van der Waals surface area contributed by atoms with Gasteiger partial charge >= 0.3 is 0 Å². The van der Waals surface area contributed by atoms with Crippen LogP contribution in [0.4, 0.5) is 0 Å². The van der Waals surface area contributed by atoms with Crippen LogP contribution in [0, 0.1) is 11.8 Å². The summed E-state index contributed by atoms with van der Waals surface area (Å²) in [6.07, 6.45) is 13.2. The number of rotatable bonds is 14. The van der Waals surface area contributed by atoms with Gasteiger partial charge in [-0.25, -0.2) is 5.06 Å². The van der Waals surface area contributed by atoms with Crippen molar-refractivity contribution in [2.75, 3.05) is 20.1 Å². The van der Waals surface area contributed by atoms with Gasteiger partial charge < -0.3 is 10.6 Å². The minimum Gasteiger partial charge on any atom is -0.354 e. The van der Waals surface area contributed by atoms with E-state index in [0.29, 0.717) is 46.8 Å². The van der Waals surface area contributed by atoms with E-state index in [9.17, 15) is 14.4 Å². The van der Waals surface area contributed by atoms with Gasteiger partial charge in [-0.15, -0.1) is 0 Å². The number of hydroxylamine groups is 2. The number of amides is 3. The molecular weight excluding hydrogens is 414 g/mol. The molecule has 8 heteroatoms. The molecule has 2 heterocycles. The average Bonchev–Trinajstić information content (AvgIpc) is 3.35. The molecule has 3 amide bonds. The maximum absolute atomic E-state index is 12.2. The Labute approximate surface area is 190 Å². The van der Waals surface area contributed by atoms with E-state index in [2.05, 4.69) is 41.5 Å². The standard InChI is InChI=1S/C23H39N3O4S/c1-3-4-7-11-21(27)25-16-22(28)24-15-18-17(19-13-14-20(18)31-19)10-8-5-6-9-12-23(29)26(2)30/h5,8,17-20,30H,3-4,6-7,9-16H2,1-2H3,(H,24,28)(H,25,27)/t17-,18+,19-,20+/m0/s1. The first-order chi connectivity index (χ1) is 14.9. The zero-order chi connectivity index (χ0) is 22.6. The van der Waals surface area contributed by atoms with E-state index in [4.69, 9.17) is 5.21 Å². The molecule has 31 heavy (non-hydrogen) atoms. The molecule has 0 aromatic carbocycles. The second kappa shape index (κ2) is 13.8. The lowest BCUT2D eigenvalue weighted by Crippen LogP contribution is -2.42. The lowest BCUT2D eigenvalue weighted by Gasteiger charge is -2.29. The van der Waals surface area contributed by atoms with Gasteiger partial charge in [-0.2, -0.15) is 11.8 Å². The number of nitrogens with one attached hydrogen (secondary N) is 2. The third kappa shape index (κ3) is 8.85. The monoisotopic (exact) mass is 453 g/mol. The number of carbonyl (C=O) groups excluding carboxylic acids is 3. The van der Waals surface area contributed by atoms with Crippen LogP contribution in [0.3, 0.4) is 0 Å². The molecule has 2 bridgehead atoms. The van der Waals surface area contributed by atoms with Gasteiger partial charge in [0.2, 0.25) is 17.7 Å². The lowest BCUT2D eigenvalue weighted by atomic mass is 9.77. The fourth-order valence-electron chi connectivity index (χ4n) is 4.48. The maximum atomic E-state index is 12.2. The van der Waals surface area contributed by atoms with Gasteiger partial charge in [-0.1, -0.05) is 31.9 Å². The topological polar surface area (TPSA) is 98.7 Å². The number of allylic oxidation sites excluding steroid dienone is 2. The van der Waals surface area contributed by atoms with Crippen molar-refractivity contribution in [1.82, 2.24) is 15.7 Å². The summed E-state index contributed by atoms with van der Waals surface area (Å²) < 4.78 is 0. The van der Waals surface area contributed by atoms with Crippen LogP contribution in [0.15, 0.2) is 12.2 Å². The Hall–Kier alpha value is -1.54. The molecular formula is C23H39N3O4S. The van der Waals surface area contributed by atoms with Gasteiger partial charge in [-0.05, 0) is 50.4 Å². The Balaban J connectivity index is 1.67. The van der Waals surface area contributed by atoms with Crippen LogP contribution in [0.5, 0.6) is 0 Å². The number of fused-ring (bicyclic) bond motifs is 2. The molecule has 2 rings (SSSR count). The summed E-state index contributed by atoms with van der Waals surface area (Å²) in [6, 6.07) is 0. The third-order valence-corrected chi connectivity index (χ3v) is 8.15. The summed E-state index contributed by atoms with van der Waals surface area (Å²) in [5, 5.41) is 16.8. The van der Waals surface area contributed by atoms with Crippen LogP contribution < -0.4 is 10.6 Å². The van der Waals surface area contributed by atoms with E-state index >= 15 is 0 Å². The molecule has 0 spiro atoms. The van der Waals surface area contributed by atoms with Crippen LogP contribution in [0.1, 0.15) is 71.1 Å². The molecule has 0 saturated carbocycles. The minimum absolute atomic E-state index is 0.0468. The van der Waals surface area contributed by atoms with Crippen molar-refractivity contribution in [3.8, 4) is 0 Å². The maximum Gasteiger partial charge on any atom is 0.245 e. The van der Waals surface area contributed by atoms with Crippen molar-refractivity contribution < 1.29 is 19.6 Å². The molecule has 2 aliphatic heterocycles. The summed E-state index contributed by atoms with van der Waals surface area (Å²) in [4.78, 5) is 35.3. The van der Waals surface area contributed by atoms with Crippen molar-refractivity contribution in [2.24, 2.45) is 11.8 Å². The zero-order valence-electron chi connectivity index (χ0n) is 19.0. The van der Waals surface area contributed by atoms with Crippen molar-refractivity contribution in [3.05, 3.63) is 12.2 Å². The molecule has 3 N–H and O–H groups in total. The Morgan fingerprint density at radius 1 is 1.00 bits per heavy atom. The van der Waals surface area contributed by atoms with Crippen molar-refractivity contribution in [2.45, 2.75) is 81.6 Å². The normalized spacial score (nSPS) is 24.5. The lowest BCUT2D eigenvalue weighted by molar-refractivity contribution is -0.159. The van der Waals surface area contributed by atoms with Crippen molar-refractivity contribution in [1.29, 1.82) is 0 Å². The Kier molecular flexibility index (Phi) is 11.4. The molecule has 0 aliphatic carbocycles. The highest BCUT2D eigenvalue weighted by molar-refractivity contribution is 8.01. The molecule has 0 aromatic heterocycles. The smallest absolute Gasteiger partial charge is 0.245 e. The quantitative estimate of drug-likeness (QED) is 0.162. The molecule has 0 radical (unpaired) electrons. The number of thioether (sulfide) groups is 1. The summed E-state index contributed by atoms with van der Waals surface area (Å²) in [5.74, 6) is 0.626. The first kappa shape index (κ1) is 25.7. The van der Waals surface area contributed by atoms with Gasteiger partial charge in [-0.3, -0.25) is 19.6 Å². The molecule has 2 aliphatic rings. The number of nitrogens with zero attached hydrogens (tertiary/aromatic N) is 1. The first-order valence-corrected chi connectivity index (χ1v) is 12.7. The van der Waals surface area contributed by atoms with E-state index in [0.717, 1.165) is 38.5 Å². The molecule has 4 atom stereocenters. The van der Waals surface area contributed by atoms with Crippen molar-refractivity contribution in [3.63, 3.8) is 0 Å². The first-order valence-electron chi connectivity index (χ1n) is 11.7. The Morgan fingerprint density at radius 3 is 2.45 bits per heavy atom. The third-order valence-electron chi connectivity index (χ3n) is 6.28. The van der Waals surface area contributed by atoms with Gasteiger partial charge in [0.25, 0.3) is 0 Å². The molecule has 7 nitrogen and oxygen atoms in total. The highest BCUT2D eigenvalue weighted by atomic mass is 32.2. The number of carbonyl (C=O) groups is 3. The van der Waals surface area contributed by atoms with Crippen LogP contribution in [0.25, 0.3) is 0 Å². The Morgan fingerprint density at radius 2 is 1.74 bits per heavy atom. The summed E-state index contributed by atoms with van der Waals surface area (Å²) in [7, 11) is 1.35. The van der Waals surface area contributed by atoms with E-state index < -0.39 is 0 Å². The molecule has 0 unspecified atom stereocenters. The zero-order valence-corrected chi connectivity index (χ0v) is 19.8. The molecule has 2 fully saturated rings. The number of hydrogen-bond donors (Lipinski definition) is 3. The highest BCUT2D eigenvalue weighted by Gasteiger charge is 2.47. The second-order valence-corrected chi connectivity index (χ2v) is 10.2. The Bertz CT molecular complexity index is 626. The minimum atomic E-state index is -0.258. The molecule has 176 valence electrons. The van der Waals surface area contributed by atoms with E-state index in [-0.39, 0.29) is 24.3 Å². The van der Waals surface area contributed by atoms with Gasteiger partial charge in [0.05, 0.1) is 6.54 Å². The number of unbranched alkanes of at least 4 members (excludes halogenated alkanes) is 3. The fourth-order valence-corrected chi connectivity index (χ4v) is 6.49. The van der Waals surface area contributed by atoms with Crippen molar-refractivity contribution >= 4 is 29.5 Å². The fraction of sp³-hybridized carbons (Fsp3) is 0.783. The number of hydrogen-bond acceptors (Lipinski definition) is 5. The average molecular weight is 454 g/mol. The van der Waals surface area contributed by atoms with E-state index in [1.807, 2.05) is 0 Å². The predicted molar refractivity (Wildman–Crippen MR) is 124 cm³/mol. The van der Waals surface area contributed by atoms with E-state index in [1.165, 1.54) is 19.9 Å². The van der Waals surface area contributed by atoms with Gasteiger partial charge in [0.15, 0.2) is 0 Å². The van der Waals surface area contributed by atoms with E-state index in [1.54, 1.807) is 0 Å². The largest absolute Gasteiger partial charge is 0.354 e. The summed E-state index contributed by atoms with van der Waals surface area (Å²) in [5.41, 5.74) is 0. The van der Waals surface area contributed by atoms with Crippen LogP contribution in [0.2, 0.25) is 0 Å². The second-order valence-electron chi connectivity index (χ2n) is 8.67. The molecule has 0 aromatic rings. The van der Waals surface area contributed by atoms with Gasteiger partial charge in [0.1, 0.15) is 0 Å². The SMILES string of the molecule is CCCCCC(=O)NCC(=O)NC[C@@H]1[C@H](CC=CCCCC(=O)N(C)O)[C@@H]2CC[C@H]1S2. The summed E-state index contributed by atoms with van der Waals surface area (Å²) >= 11 is 2.07.